The van der Waals surface area contributed by atoms with Crippen molar-refractivity contribution in [3.05, 3.63) is 52.0 Å². The molecule has 0 saturated heterocycles. The summed E-state index contributed by atoms with van der Waals surface area (Å²) in [5, 5.41) is 11.1. The Morgan fingerprint density at radius 3 is 2.78 bits per heavy atom. The third-order valence-electron chi connectivity index (χ3n) is 3.12. The highest BCUT2D eigenvalue weighted by molar-refractivity contribution is 9.10. The van der Waals surface area contributed by atoms with Crippen LogP contribution in [0, 0.1) is 0 Å². The quantitative estimate of drug-likeness (QED) is 0.736. The fourth-order valence-corrected chi connectivity index (χ4v) is 2.35. The molecule has 0 unspecified atom stereocenters. The van der Waals surface area contributed by atoms with Gasteiger partial charge in [-0.05, 0) is 54.6 Å². The van der Waals surface area contributed by atoms with Gasteiger partial charge in [-0.1, -0.05) is 32.4 Å². The van der Waals surface area contributed by atoms with Gasteiger partial charge in [0, 0.05) is 15.2 Å². The smallest absolute Gasteiger partial charge is 0.267 e. The first-order valence-electron chi connectivity index (χ1n) is 6.77. The van der Waals surface area contributed by atoms with Gasteiger partial charge in [0.1, 0.15) is 11.0 Å². The molecule has 0 spiro atoms. The van der Waals surface area contributed by atoms with Crippen molar-refractivity contribution in [2.75, 3.05) is 5.32 Å². The molecule has 0 saturated carbocycles. The maximum Gasteiger partial charge on any atom is 0.267 e. The molecule has 3 rings (SSSR count). The van der Waals surface area contributed by atoms with E-state index in [1.807, 2.05) is 12.1 Å². The molecule has 6 nitrogen and oxygen atoms in total. The van der Waals surface area contributed by atoms with Gasteiger partial charge in [-0.15, -0.1) is 5.10 Å². The number of amides is 1. The standard InChI is InChI=1S/C15H12BrClN4O2/c1-9(15(22)18-12-5-2-10(16)3-6-12)23-21-14-8-11(17)4-7-13(14)19-20-21/h2-9H,1H3,(H,18,22)/t9-/m0/s1. The Morgan fingerprint density at radius 1 is 1.30 bits per heavy atom. The summed E-state index contributed by atoms with van der Waals surface area (Å²) in [5.41, 5.74) is 1.91. The van der Waals surface area contributed by atoms with Crippen LogP contribution < -0.4 is 10.2 Å². The third kappa shape index (κ3) is 3.62. The molecule has 1 atom stereocenters. The number of rotatable bonds is 4. The van der Waals surface area contributed by atoms with Crippen LogP contribution in [0.15, 0.2) is 46.9 Å². The van der Waals surface area contributed by atoms with Gasteiger partial charge < -0.3 is 10.2 Å². The van der Waals surface area contributed by atoms with E-state index in [9.17, 15) is 4.79 Å². The maximum absolute atomic E-state index is 12.2. The van der Waals surface area contributed by atoms with Gasteiger partial charge >= 0.3 is 0 Å². The molecule has 1 heterocycles. The molecule has 0 aliphatic heterocycles. The number of fused-ring (bicyclic) bond motifs is 1. The summed E-state index contributed by atoms with van der Waals surface area (Å²) >= 11 is 9.30. The van der Waals surface area contributed by atoms with Gasteiger partial charge in [0.25, 0.3) is 5.91 Å². The summed E-state index contributed by atoms with van der Waals surface area (Å²) in [6.07, 6.45) is -0.762. The van der Waals surface area contributed by atoms with Crippen molar-refractivity contribution in [2.45, 2.75) is 13.0 Å². The molecule has 118 valence electrons. The van der Waals surface area contributed by atoms with Gasteiger partial charge in [-0.25, -0.2) is 0 Å². The Kier molecular flexibility index (Phi) is 4.49. The van der Waals surface area contributed by atoms with Crippen molar-refractivity contribution in [3.63, 3.8) is 0 Å². The van der Waals surface area contributed by atoms with E-state index in [-0.39, 0.29) is 5.91 Å². The minimum atomic E-state index is -0.762. The first kappa shape index (κ1) is 15.8. The first-order valence-corrected chi connectivity index (χ1v) is 7.94. The van der Waals surface area contributed by atoms with Gasteiger partial charge in [0.2, 0.25) is 6.10 Å². The van der Waals surface area contributed by atoms with Crippen LogP contribution in [0.4, 0.5) is 5.69 Å². The minimum absolute atomic E-state index is 0.294. The van der Waals surface area contributed by atoms with E-state index < -0.39 is 6.10 Å². The topological polar surface area (TPSA) is 69.0 Å². The Morgan fingerprint density at radius 2 is 2.04 bits per heavy atom. The average Bonchev–Trinajstić information content (AvgIpc) is 2.91. The number of hydrogen-bond donors (Lipinski definition) is 1. The highest BCUT2D eigenvalue weighted by Gasteiger charge is 2.17. The predicted molar refractivity (Wildman–Crippen MR) is 91.4 cm³/mol. The SMILES string of the molecule is C[C@H](On1nnc2ccc(Cl)cc21)C(=O)Nc1ccc(Br)cc1. The third-order valence-corrected chi connectivity index (χ3v) is 3.88. The number of benzene rings is 2. The molecule has 0 bridgehead atoms. The maximum atomic E-state index is 12.2. The Bertz CT molecular complexity index is 850. The minimum Gasteiger partial charge on any atom is -0.382 e. The highest BCUT2D eigenvalue weighted by Crippen LogP contribution is 2.17. The number of anilines is 1. The van der Waals surface area contributed by atoms with Gasteiger partial charge in [0.05, 0.1) is 0 Å². The molecule has 8 heteroatoms. The summed E-state index contributed by atoms with van der Waals surface area (Å²) < 4.78 is 0.936. The van der Waals surface area contributed by atoms with Crippen LogP contribution in [0.25, 0.3) is 11.0 Å². The van der Waals surface area contributed by atoms with Crippen LogP contribution in [0.5, 0.6) is 0 Å². The van der Waals surface area contributed by atoms with E-state index in [1.54, 1.807) is 37.3 Å². The van der Waals surface area contributed by atoms with Crippen LogP contribution in [0.2, 0.25) is 5.02 Å². The van der Waals surface area contributed by atoms with Crippen molar-refractivity contribution >= 4 is 50.2 Å². The lowest BCUT2D eigenvalue weighted by Crippen LogP contribution is -2.35. The summed E-state index contributed by atoms with van der Waals surface area (Å²) in [4.78, 5) is 18.9. The molecule has 0 aliphatic carbocycles. The van der Waals surface area contributed by atoms with Crippen LogP contribution in [-0.2, 0) is 4.79 Å². The van der Waals surface area contributed by atoms with E-state index in [2.05, 4.69) is 31.6 Å². The molecule has 0 aliphatic rings. The second kappa shape index (κ2) is 6.55. The number of carbonyl (C=O) groups is 1. The van der Waals surface area contributed by atoms with Crippen LogP contribution >= 0.6 is 27.5 Å². The zero-order valence-electron chi connectivity index (χ0n) is 12.0. The van der Waals surface area contributed by atoms with Gasteiger partial charge in [0.15, 0.2) is 0 Å². The fraction of sp³-hybridized carbons (Fsp3) is 0.133. The van der Waals surface area contributed by atoms with Gasteiger partial charge in [-0.3, -0.25) is 4.79 Å². The molecule has 3 aromatic rings. The number of nitrogens with zero attached hydrogens (tertiary/aromatic N) is 3. The average molecular weight is 396 g/mol. The monoisotopic (exact) mass is 394 g/mol. The van der Waals surface area contributed by atoms with E-state index >= 15 is 0 Å². The zero-order valence-corrected chi connectivity index (χ0v) is 14.4. The molecule has 0 fully saturated rings. The number of aromatic nitrogens is 3. The summed E-state index contributed by atoms with van der Waals surface area (Å²) in [6.45, 7) is 1.63. The largest absolute Gasteiger partial charge is 0.382 e. The van der Waals surface area contributed by atoms with Crippen molar-refractivity contribution in [3.8, 4) is 0 Å². The highest BCUT2D eigenvalue weighted by atomic mass is 79.9. The van der Waals surface area contributed by atoms with Crippen LogP contribution in [0.3, 0.4) is 0 Å². The van der Waals surface area contributed by atoms with Crippen molar-refractivity contribution in [2.24, 2.45) is 0 Å². The Labute approximate surface area is 145 Å². The Hall–Kier alpha value is -2.12. The zero-order chi connectivity index (χ0) is 16.4. The molecule has 1 N–H and O–H groups in total. The summed E-state index contributed by atoms with van der Waals surface area (Å²) in [5.74, 6) is -0.294. The van der Waals surface area contributed by atoms with Crippen molar-refractivity contribution in [1.82, 2.24) is 15.2 Å². The number of halogens is 2. The normalized spacial score (nSPS) is 12.1. The lowest BCUT2D eigenvalue weighted by atomic mass is 10.3. The number of carbonyl (C=O) groups excluding carboxylic acids is 1. The van der Waals surface area contributed by atoms with E-state index in [1.165, 1.54) is 4.85 Å². The second-order valence-electron chi connectivity index (χ2n) is 4.84. The lowest BCUT2D eigenvalue weighted by Gasteiger charge is -2.13. The van der Waals surface area contributed by atoms with E-state index in [0.29, 0.717) is 21.7 Å². The molecule has 0 radical (unpaired) electrons. The molecule has 1 aromatic heterocycles. The molecule has 1 amide bonds. The van der Waals surface area contributed by atoms with E-state index in [4.69, 9.17) is 16.4 Å². The second-order valence-corrected chi connectivity index (χ2v) is 6.19. The Balaban J connectivity index is 1.72. The van der Waals surface area contributed by atoms with Crippen molar-refractivity contribution in [1.29, 1.82) is 0 Å². The number of nitrogens with one attached hydrogen (secondary N) is 1. The van der Waals surface area contributed by atoms with Crippen molar-refractivity contribution < 1.29 is 9.63 Å². The number of hydrogen-bond acceptors (Lipinski definition) is 4. The molecule has 2 aromatic carbocycles. The van der Waals surface area contributed by atoms with Gasteiger partial charge in [-0.2, -0.15) is 0 Å². The first-order chi connectivity index (χ1) is 11.0. The van der Waals surface area contributed by atoms with Crippen LogP contribution in [-0.4, -0.2) is 27.2 Å². The summed E-state index contributed by atoms with van der Waals surface area (Å²) in [7, 11) is 0. The predicted octanol–water partition coefficient (Wildman–Crippen LogP) is 3.30. The molecular formula is C15H12BrClN4O2. The lowest BCUT2D eigenvalue weighted by molar-refractivity contribution is -0.127. The summed E-state index contributed by atoms with van der Waals surface area (Å²) in [6, 6.07) is 12.4. The molecule has 23 heavy (non-hydrogen) atoms. The fourth-order valence-electron chi connectivity index (χ4n) is 1.92. The van der Waals surface area contributed by atoms with Crippen LogP contribution in [0.1, 0.15) is 6.92 Å². The molecular weight excluding hydrogens is 384 g/mol. The van der Waals surface area contributed by atoms with E-state index in [0.717, 1.165) is 4.47 Å².